The van der Waals surface area contributed by atoms with E-state index in [4.69, 9.17) is 4.74 Å². The molecule has 1 aliphatic rings. The van der Waals surface area contributed by atoms with Crippen LogP contribution >= 0.6 is 0 Å². The highest BCUT2D eigenvalue weighted by atomic mass is 16.5. The van der Waals surface area contributed by atoms with E-state index in [0.717, 1.165) is 66.7 Å². The third-order valence-corrected chi connectivity index (χ3v) is 5.72. The van der Waals surface area contributed by atoms with Gasteiger partial charge in [0.2, 0.25) is 5.95 Å². The first kappa shape index (κ1) is 21.7. The number of piperidine rings is 1. The summed E-state index contributed by atoms with van der Waals surface area (Å²) in [6.45, 7) is 7.64. The molecule has 4 rings (SSSR count). The number of anilines is 2. The van der Waals surface area contributed by atoms with Crippen molar-refractivity contribution in [2.75, 3.05) is 23.3 Å². The van der Waals surface area contributed by atoms with E-state index < -0.39 is 0 Å². The Morgan fingerprint density at radius 2 is 1.75 bits per heavy atom. The zero-order chi connectivity index (χ0) is 22.5. The van der Waals surface area contributed by atoms with E-state index in [9.17, 15) is 4.79 Å². The average Bonchev–Trinajstić information content (AvgIpc) is 2.82. The number of nitrogens with zero attached hydrogens (tertiary/aromatic N) is 4. The molecular weight excluding hydrogens is 402 g/mol. The summed E-state index contributed by atoms with van der Waals surface area (Å²) in [6.07, 6.45) is 6.70. The number of aryl methyl sites for hydroxylation is 3. The molecule has 1 amide bonds. The Morgan fingerprint density at radius 3 is 2.38 bits per heavy atom. The summed E-state index contributed by atoms with van der Waals surface area (Å²) in [4.78, 5) is 28.1. The van der Waals surface area contributed by atoms with Gasteiger partial charge in [-0.1, -0.05) is 6.92 Å². The van der Waals surface area contributed by atoms with Crippen LogP contribution in [-0.4, -0.2) is 40.1 Å². The molecule has 0 atom stereocenters. The molecule has 0 spiro atoms. The van der Waals surface area contributed by atoms with Crippen molar-refractivity contribution in [2.45, 2.75) is 46.1 Å². The third-order valence-electron chi connectivity index (χ3n) is 5.72. The third kappa shape index (κ3) is 5.22. The molecule has 1 saturated heterocycles. The molecule has 2 aromatic heterocycles. The van der Waals surface area contributed by atoms with Gasteiger partial charge in [-0.2, -0.15) is 0 Å². The van der Waals surface area contributed by atoms with Crippen molar-refractivity contribution >= 4 is 17.5 Å². The number of nitrogens with one attached hydrogen (secondary N) is 1. The zero-order valence-corrected chi connectivity index (χ0v) is 18.8. The van der Waals surface area contributed by atoms with E-state index in [-0.39, 0.29) is 12.0 Å². The number of amides is 1. The molecule has 7 nitrogen and oxygen atoms in total. The lowest BCUT2D eigenvalue weighted by Gasteiger charge is -2.32. The van der Waals surface area contributed by atoms with Crippen molar-refractivity contribution in [3.8, 4) is 5.75 Å². The van der Waals surface area contributed by atoms with Crippen molar-refractivity contribution in [3.63, 3.8) is 0 Å². The molecule has 3 aromatic rings. The van der Waals surface area contributed by atoms with Crippen molar-refractivity contribution in [3.05, 3.63) is 71.3 Å². The molecule has 1 N–H and O–H groups in total. The fourth-order valence-electron chi connectivity index (χ4n) is 3.76. The number of aromatic nitrogens is 3. The van der Waals surface area contributed by atoms with Crippen LogP contribution in [0.5, 0.6) is 5.75 Å². The standard InChI is InChI=1S/C25H29N5O2/c1-4-19-15-26-25(27-16-19)30-13-11-22(12-14-30)32-21-8-6-20(7-9-21)24(31)29-23-10-5-17(2)28-18(23)3/h5-10,15-16,22H,4,11-14H2,1-3H3,(H,29,31). The summed E-state index contributed by atoms with van der Waals surface area (Å²) in [5, 5.41) is 2.92. The van der Waals surface area contributed by atoms with Gasteiger partial charge in [-0.05, 0) is 62.2 Å². The maximum atomic E-state index is 12.6. The maximum Gasteiger partial charge on any atom is 0.255 e. The lowest BCUT2D eigenvalue weighted by atomic mass is 10.1. The predicted octanol–water partition coefficient (Wildman–Crippen LogP) is 4.35. The molecule has 0 bridgehead atoms. The average molecular weight is 432 g/mol. The lowest BCUT2D eigenvalue weighted by Crippen LogP contribution is -2.39. The molecule has 1 aromatic carbocycles. The zero-order valence-electron chi connectivity index (χ0n) is 18.8. The maximum absolute atomic E-state index is 12.6. The smallest absolute Gasteiger partial charge is 0.255 e. The van der Waals surface area contributed by atoms with Crippen LogP contribution in [0, 0.1) is 13.8 Å². The van der Waals surface area contributed by atoms with E-state index in [1.807, 2.05) is 50.5 Å². The first-order chi connectivity index (χ1) is 15.5. The summed E-state index contributed by atoms with van der Waals surface area (Å²) in [7, 11) is 0. The first-order valence-electron chi connectivity index (χ1n) is 11.1. The van der Waals surface area contributed by atoms with Gasteiger partial charge < -0.3 is 15.0 Å². The summed E-state index contributed by atoms with van der Waals surface area (Å²) >= 11 is 0. The van der Waals surface area contributed by atoms with E-state index >= 15 is 0 Å². The second-order valence-electron chi connectivity index (χ2n) is 8.11. The van der Waals surface area contributed by atoms with Gasteiger partial charge in [0.15, 0.2) is 0 Å². The number of ether oxygens (including phenoxy) is 1. The SMILES string of the molecule is CCc1cnc(N2CCC(Oc3ccc(C(=O)Nc4ccc(C)nc4C)cc3)CC2)nc1. The van der Waals surface area contributed by atoms with Crippen molar-refractivity contribution in [2.24, 2.45) is 0 Å². The van der Waals surface area contributed by atoms with Gasteiger partial charge in [0, 0.05) is 49.6 Å². The Kier molecular flexibility index (Phi) is 6.63. The number of rotatable bonds is 6. The number of benzene rings is 1. The van der Waals surface area contributed by atoms with Crippen LogP contribution in [0.15, 0.2) is 48.8 Å². The molecule has 1 aliphatic heterocycles. The van der Waals surface area contributed by atoms with Gasteiger partial charge in [0.1, 0.15) is 11.9 Å². The van der Waals surface area contributed by atoms with Crippen LogP contribution in [0.2, 0.25) is 0 Å². The number of carbonyl (C=O) groups excluding carboxylic acids is 1. The van der Waals surface area contributed by atoms with Crippen molar-refractivity contribution in [1.82, 2.24) is 15.0 Å². The molecule has 1 fully saturated rings. The van der Waals surface area contributed by atoms with Gasteiger partial charge in [0.05, 0.1) is 11.4 Å². The van der Waals surface area contributed by atoms with E-state index in [2.05, 4.69) is 32.1 Å². The van der Waals surface area contributed by atoms with Crippen LogP contribution in [0.1, 0.15) is 47.1 Å². The molecule has 0 unspecified atom stereocenters. The van der Waals surface area contributed by atoms with Gasteiger partial charge in [-0.25, -0.2) is 9.97 Å². The van der Waals surface area contributed by atoms with Crippen LogP contribution in [-0.2, 0) is 6.42 Å². The number of hydrogen-bond acceptors (Lipinski definition) is 6. The second kappa shape index (κ2) is 9.77. The summed E-state index contributed by atoms with van der Waals surface area (Å²) in [6, 6.07) is 11.1. The van der Waals surface area contributed by atoms with Crippen LogP contribution in [0.3, 0.4) is 0 Å². The number of pyridine rings is 1. The topological polar surface area (TPSA) is 80.2 Å². The Labute approximate surface area is 188 Å². The molecule has 0 saturated carbocycles. The van der Waals surface area contributed by atoms with Crippen LogP contribution in [0.25, 0.3) is 0 Å². The summed E-state index contributed by atoms with van der Waals surface area (Å²) in [5.74, 6) is 1.40. The highest BCUT2D eigenvalue weighted by Crippen LogP contribution is 2.22. The van der Waals surface area contributed by atoms with E-state index in [1.165, 1.54) is 0 Å². The minimum atomic E-state index is -0.160. The monoisotopic (exact) mass is 431 g/mol. The largest absolute Gasteiger partial charge is 0.490 e. The highest BCUT2D eigenvalue weighted by Gasteiger charge is 2.22. The second-order valence-corrected chi connectivity index (χ2v) is 8.11. The van der Waals surface area contributed by atoms with E-state index in [0.29, 0.717) is 5.56 Å². The Bertz CT molecular complexity index is 1060. The predicted molar refractivity (Wildman–Crippen MR) is 125 cm³/mol. The van der Waals surface area contributed by atoms with Gasteiger partial charge in [-0.3, -0.25) is 9.78 Å². The number of hydrogen-bond donors (Lipinski definition) is 1. The van der Waals surface area contributed by atoms with Crippen molar-refractivity contribution in [1.29, 1.82) is 0 Å². The van der Waals surface area contributed by atoms with Gasteiger partial charge >= 0.3 is 0 Å². The lowest BCUT2D eigenvalue weighted by molar-refractivity contribution is 0.102. The molecule has 0 aliphatic carbocycles. The fourth-order valence-corrected chi connectivity index (χ4v) is 3.76. The molecule has 166 valence electrons. The fraction of sp³-hybridized carbons (Fsp3) is 0.360. The normalized spacial score (nSPS) is 14.3. The van der Waals surface area contributed by atoms with Gasteiger partial charge in [0.25, 0.3) is 5.91 Å². The molecule has 7 heteroatoms. The Balaban J connectivity index is 1.29. The molecule has 32 heavy (non-hydrogen) atoms. The minimum Gasteiger partial charge on any atom is -0.490 e. The Morgan fingerprint density at radius 1 is 1.06 bits per heavy atom. The van der Waals surface area contributed by atoms with Gasteiger partial charge in [-0.15, -0.1) is 0 Å². The van der Waals surface area contributed by atoms with Crippen LogP contribution in [0.4, 0.5) is 11.6 Å². The molecule has 0 radical (unpaired) electrons. The minimum absolute atomic E-state index is 0.141. The quantitative estimate of drug-likeness (QED) is 0.625. The Hall–Kier alpha value is -3.48. The molecule has 3 heterocycles. The van der Waals surface area contributed by atoms with E-state index in [1.54, 1.807) is 12.1 Å². The highest BCUT2D eigenvalue weighted by molar-refractivity contribution is 6.04. The number of carbonyl (C=O) groups is 1. The summed E-state index contributed by atoms with van der Waals surface area (Å²) < 4.78 is 6.15. The van der Waals surface area contributed by atoms with Crippen molar-refractivity contribution < 1.29 is 9.53 Å². The first-order valence-corrected chi connectivity index (χ1v) is 11.1. The molecular formula is C25H29N5O2. The van der Waals surface area contributed by atoms with Crippen LogP contribution < -0.4 is 15.0 Å². The summed E-state index contributed by atoms with van der Waals surface area (Å²) in [5.41, 5.74) is 4.18.